The van der Waals surface area contributed by atoms with E-state index in [9.17, 15) is 9.90 Å². The SMILES string of the molecule is COC1(C(=O)N2C[C@H]3C[C@@H](Oc4ccc(C)nc4C)[C@H](O)C[C@H]3C2)CCNCC1.Cl.Cl. The van der Waals surface area contributed by atoms with Crippen molar-refractivity contribution in [2.45, 2.75) is 57.3 Å². The normalized spacial score (nSPS) is 29.4. The molecule has 0 unspecified atom stereocenters. The average Bonchev–Trinajstić information content (AvgIpc) is 3.12. The number of piperidine rings is 1. The maximum Gasteiger partial charge on any atom is 0.254 e. The molecule has 2 aliphatic heterocycles. The number of hydrogen-bond donors (Lipinski definition) is 2. The first-order valence-corrected chi connectivity index (χ1v) is 10.8. The number of pyridine rings is 1. The van der Waals surface area contributed by atoms with Gasteiger partial charge in [-0.05, 0) is 76.6 Å². The van der Waals surface area contributed by atoms with Gasteiger partial charge in [0.05, 0.1) is 11.8 Å². The summed E-state index contributed by atoms with van der Waals surface area (Å²) in [5.41, 5.74) is 1.10. The summed E-state index contributed by atoms with van der Waals surface area (Å²) in [6.07, 6.45) is 2.06. The first-order valence-electron chi connectivity index (χ1n) is 10.8. The number of likely N-dealkylation sites (tertiary alicyclic amines) is 1. The van der Waals surface area contributed by atoms with Crippen LogP contribution in [-0.4, -0.2) is 72.0 Å². The third kappa shape index (κ3) is 5.28. The molecule has 0 spiro atoms. The van der Waals surface area contributed by atoms with Crippen LogP contribution in [0, 0.1) is 25.7 Å². The van der Waals surface area contributed by atoms with Gasteiger partial charge in [0.2, 0.25) is 0 Å². The number of carbonyl (C=O) groups excluding carboxylic acids is 1. The Morgan fingerprint density at radius 1 is 1.16 bits per heavy atom. The highest BCUT2D eigenvalue weighted by Crippen LogP contribution is 2.40. The molecule has 1 aromatic heterocycles. The van der Waals surface area contributed by atoms with Gasteiger partial charge in [-0.15, -0.1) is 24.8 Å². The van der Waals surface area contributed by atoms with E-state index in [-0.39, 0.29) is 36.8 Å². The number of fused-ring (bicyclic) bond motifs is 1. The fraction of sp³-hybridized carbons (Fsp3) is 0.727. The van der Waals surface area contributed by atoms with Crippen LogP contribution in [0.2, 0.25) is 0 Å². The van der Waals surface area contributed by atoms with Gasteiger partial charge in [0.25, 0.3) is 5.91 Å². The maximum absolute atomic E-state index is 13.3. The number of carbonyl (C=O) groups is 1. The predicted molar refractivity (Wildman–Crippen MR) is 123 cm³/mol. The topological polar surface area (TPSA) is 83.9 Å². The molecule has 2 saturated heterocycles. The van der Waals surface area contributed by atoms with E-state index >= 15 is 0 Å². The molecule has 1 amide bonds. The standard InChI is InChI=1S/C22H33N3O4.2ClH/c1-14-4-5-19(15(2)24-14)29-20-11-17-13-25(12-16(17)10-18(20)26)21(27)22(28-3)6-8-23-9-7-22;;/h4-5,16-18,20,23,26H,6-13H2,1-3H3;2*1H/t16-,17+,18+,20+;;/m0../s1. The number of nitrogens with one attached hydrogen (secondary N) is 1. The molecule has 0 radical (unpaired) electrons. The zero-order valence-corrected chi connectivity index (χ0v) is 20.1. The molecule has 0 aromatic carbocycles. The fourth-order valence-electron chi connectivity index (χ4n) is 5.27. The molecule has 3 heterocycles. The number of hydrogen-bond acceptors (Lipinski definition) is 6. The summed E-state index contributed by atoms with van der Waals surface area (Å²) < 4.78 is 11.9. The second-order valence-corrected chi connectivity index (χ2v) is 8.91. The molecule has 3 aliphatic rings. The van der Waals surface area contributed by atoms with E-state index in [1.807, 2.05) is 30.9 Å². The minimum Gasteiger partial charge on any atom is -0.486 e. The van der Waals surface area contributed by atoms with Gasteiger partial charge in [-0.3, -0.25) is 9.78 Å². The summed E-state index contributed by atoms with van der Waals surface area (Å²) in [4.78, 5) is 19.7. The van der Waals surface area contributed by atoms with Crippen molar-refractivity contribution >= 4 is 30.7 Å². The van der Waals surface area contributed by atoms with Crippen LogP contribution in [0.3, 0.4) is 0 Å². The molecule has 0 bridgehead atoms. The van der Waals surface area contributed by atoms with E-state index in [0.29, 0.717) is 37.6 Å². The number of nitrogens with zero attached hydrogens (tertiary/aromatic N) is 2. The molecule has 31 heavy (non-hydrogen) atoms. The Balaban J connectivity index is 0.00000171. The highest BCUT2D eigenvalue weighted by atomic mass is 35.5. The first-order chi connectivity index (χ1) is 13.9. The van der Waals surface area contributed by atoms with E-state index < -0.39 is 11.7 Å². The van der Waals surface area contributed by atoms with Crippen molar-refractivity contribution in [1.82, 2.24) is 15.2 Å². The molecule has 176 valence electrons. The Bertz CT molecular complexity index is 760. The number of aromatic nitrogens is 1. The number of ether oxygens (including phenoxy) is 2. The van der Waals surface area contributed by atoms with Crippen LogP contribution in [0.15, 0.2) is 12.1 Å². The summed E-state index contributed by atoms with van der Waals surface area (Å²) in [5.74, 6) is 1.52. The molecule has 9 heteroatoms. The lowest BCUT2D eigenvalue weighted by Crippen LogP contribution is -2.55. The number of aryl methyl sites for hydroxylation is 2. The molecule has 2 N–H and O–H groups in total. The number of aliphatic hydroxyl groups excluding tert-OH is 1. The Morgan fingerprint density at radius 2 is 1.81 bits per heavy atom. The third-order valence-corrected chi connectivity index (χ3v) is 7.02. The van der Waals surface area contributed by atoms with Crippen LogP contribution in [0.4, 0.5) is 0 Å². The second kappa shape index (κ2) is 10.7. The minimum absolute atomic E-state index is 0. The lowest BCUT2D eigenvalue weighted by molar-refractivity contribution is -0.157. The molecule has 4 atom stereocenters. The first kappa shape index (κ1) is 26.1. The molecule has 7 nitrogen and oxygen atoms in total. The second-order valence-electron chi connectivity index (χ2n) is 8.91. The summed E-state index contributed by atoms with van der Waals surface area (Å²) in [5, 5.41) is 14.0. The highest BCUT2D eigenvalue weighted by Gasteiger charge is 2.49. The van der Waals surface area contributed by atoms with Crippen LogP contribution >= 0.6 is 24.8 Å². The number of amides is 1. The number of halogens is 2. The van der Waals surface area contributed by atoms with Crippen molar-refractivity contribution in [3.8, 4) is 5.75 Å². The van der Waals surface area contributed by atoms with E-state index in [1.165, 1.54) is 0 Å². The van der Waals surface area contributed by atoms with Crippen LogP contribution < -0.4 is 10.1 Å². The number of rotatable bonds is 4. The average molecular weight is 476 g/mol. The Hall–Kier alpha value is -1.12. The quantitative estimate of drug-likeness (QED) is 0.694. The molecular weight excluding hydrogens is 441 g/mol. The van der Waals surface area contributed by atoms with Crippen molar-refractivity contribution in [2.75, 3.05) is 33.3 Å². The zero-order valence-electron chi connectivity index (χ0n) is 18.5. The summed E-state index contributed by atoms with van der Waals surface area (Å²) >= 11 is 0. The van der Waals surface area contributed by atoms with Gasteiger partial charge in [-0.25, -0.2) is 0 Å². The molecule has 1 aliphatic carbocycles. The van der Waals surface area contributed by atoms with Gasteiger partial charge in [0.15, 0.2) is 0 Å². The summed E-state index contributed by atoms with van der Waals surface area (Å²) in [6.45, 7) is 6.92. The van der Waals surface area contributed by atoms with E-state index in [1.54, 1.807) is 7.11 Å². The summed E-state index contributed by atoms with van der Waals surface area (Å²) in [6, 6.07) is 3.86. The zero-order chi connectivity index (χ0) is 20.6. The fourth-order valence-corrected chi connectivity index (χ4v) is 5.27. The van der Waals surface area contributed by atoms with E-state index in [0.717, 1.165) is 43.2 Å². The highest BCUT2D eigenvalue weighted by molar-refractivity contribution is 5.86. The largest absolute Gasteiger partial charge is 0.486 e. The lowest BCUT2D eigenvalue weighted by Gasteiger charge is -2.37. The molecule has 4 rings (SSSR count). The van der Waals surface area contributed by atoms with Crippen molar-refractivity contribution < 1.29 is 19.4 Å². The van der Waals surface area contributed by atoms with Crippen LogP contribution in [0.25, 0.3) is 0 Å². The van der Waals surface area contributed by atoms with Gasteiger partial charge < -0.3 is 24.8 Å². The van der Waals surface area contributed by atoms with Crippen LogP contribution in [0.1, 0.15) is 37.1 Å². The lowest BCUT2D eigenvalue weighted by atomic mass is 9.78. The van der Waals surface area contributed by atoms with Gasteiger partial charge in [-0.2, -0.15) is 0 Å². The van der Waals surface area contributed by atoms with Gasteiger partial charge in [0.1, 0.15) is 17.5 Å². The Kier molecular flexibility index (Phi) is 8.99. The maximum atomic E-state index is 13.3. The monoisotopic (exact) mass is 475 g/mol. The Morgan fingerprint density at radius 3 is 2.42 bits per heavy atom. The minimum atomic E-state index is -0.696. The van der Waals surface area contributed by atoms with Gasteiger partial charge in [0, 0.05) is 25.9 Å². The molecule has 1 saturated carbocycles. The number of methoxy groups -OCH3 is 1. The van der Waals surface area contributed by atoms with Crippen molar-refractivity contribution in [1.29, 1.82) is 0 Å². The molecule has 1 aromatic rings. The van der Waals surface area contributed by atoms with Crippen molar-refractivity contribution in [3.63, 3.8) is 0 Å². The smallest absolute Gasteiger partial charge is 0.254 e. The third-order valence-electron chi connectivity index (χ3n) is 7.02. The van der Waals surface area contributed by atoms with Crippen LogP contribution in [-0.2, 0) is 9.53 Å². The van der Waals surface area contributed by atoms with Crippen molar-refractivity contribution in [3.05, 3.63) is 23.5 Å². The number of aliphatic hydroxyl groups is 1. The molecule has 3 fully saturated rings. The van der Waals surface area contributed by atoms with E-state index in [4.69, 9.17) is 9.47 Å². The summed E-state index contributed by atoms with van der Waals surface area (Å²) in [7, 11) is 1.65. The van der Waals surface area contributed by atoms with Gasteiger partial charge in [-0.1, -0.05) is 0 Å². The molecular formula is C22H35Cl2N3O4. The Labute approximate surface area is 197 Å². The van der Waals surface area contributed by atoms with Crippen molar-refractivity contribution in [2.24, 2.45) is 11.8 Å². The van der Waals surface area contributed by atoms with Gasteiger partial charge >= 0.3 is 0 Å². The van der Waals surface area contributed by atoms with Crippen LogP contribution in [0.5, 0.6) is 5.75 Å². The van der Waals surface area contributed by atoms with E-state index in [2.05, 4.69) is 10.3 Å². The predicted octanol–water partition coefficient (Wildman–Crippen LogP) is 2.29.